The van der Waals surface area contributed by atoms with Crippen molar-refractivity contribution in [1.82, 2.24) is 14.7 Å². The van der Waals surface area contributed by atoms with Gasteiger partial charge in [-0.1, -0.05) is 55.8 Å². The first-order chi connectivity index (χ1) is 21.6. The molecular formula is C35H49N3O7. The summed E-state index contributed by atoms with van der Waals surface area (Å²) in [6.07, 6.45) is 5.39. The molecule has 8 atom stereocenters. The monoisotopic (exact) mass is 623 g/mol. The predicted molar refractivity (Wildman–Crippen MR) is 170 cm³/mol. The summed E-state index contributed by atoms with van der Waals surface area (Å²) < 4.78 is 12.8. The summed E-state index contributed by atoms with van der Waals surface area (Å²) in [4.78, 5) is 60.3. The molecule has 45 heavy (non-hydrogen) atoms. The SMILES string of the molecule is C=CCCC(=O)N(C)[C@H](C)[C@H](OC(=O)[C@@H]1[C@H]2C(=O)N(CCO)[C@H](C(=O)N(CC=C)C(C)CCC)[C@]23CC[C@H]1O3)c1ccccc1. The molecule has 0 radical (unpaired) electrons. The topological polar surface area (TPSA) is 117 Å². The van der Waals surface area contributed by atoms with Crippen LogP contribution < -0.4 is 0 Å². The quantitative estimate of drug-likeness (QED) is 0.221. The lowest BCUT2D eigenvalue weighted by Crippen LogP contribution is -2.58. The Kier molecular flexibility index (Phi) is 11.3. The molecule has 1 aromatic rings. The lowest BCUT2D eigenvalue weighted by atomic mass is 9.70. The molecule has 3 fully saturated rings. The van der Waals surface area contributed by atoms with E-state index in [9.17, 15) is 24.3 Å². The number of aliphatic hydroxyl groups excluding tert-OH is 1. The number of hydrogen-bond acceptors (Lipinski definition) is 7. The first-order valence-electron chi connectivity index (χ1n) is 16.2. The van der Waals surface area contributed by atoms with Gasteiger partial charge in [-0.25, -0.2) is 0 Å². The van der Waals surface area contributed by atoms with E-state index in [0.717, 1.165) is 18.4 Å². The van der Waals surface area contributed by atoms with Gasteiger partial charge in [0, 0.05) is 32.6 Å². The maximum atomic E-state index is 14.3. The highest BCUT2D eigenvalue weighted by Gasteiger charge is 2.75. The third kappa shape index (κ3) is 6.45. The van der Waals surface area contributed by atoms with Crippen molar-refractivity contribution in [2.75, 3.05) is 26.7 Å². The number of carbonyl (C=O) groups excluding carboxylic acids is 4. The summed E-state index contributed by atoms with van der Waals surface area (Å²) in [6, 6.07) is 7.67. The van der Waals surface area contributed by atoms with Crippen molar-refractivity contribution < 1.29 is 33.8 Å². The van der Waals surface area contributed by atoms with Crippen LogP contribution in [0.3, 0.4) is 0 Å². The third-order valence-electron chi connectivity index (χ3n) is 9.87. The predicted octanol–water partition coefficient (Wildman–Crippen LogP) is 3.65. The zero-order valence-corrected chi connectivity index (χ0v) is 27.1. The minimum absolute atomic E-state index is 0.0470. The number of likely N-dealkylation sites (N-methyl/N-ethyl adjacent to an activating group) is 1. The summed E-state index contributed by atoms with van der Waals surface area (Å²) in [5, 5.41) is 9.94. The van der Waals surface area contributed by atoms with E-state index in [0.29, 0.717) is 25.8 Å². The van der Waals surface area contributed by atoms with Gasteiger partial charge in [-0.3, -0.25) is 19.2 Å². The van der Waals surface area contributed by atoms with Gasteiger partial charge in [0.15, 0.2) is 0 Å². The van der Waals surface area contributed by atoms with Crippen LogP contribution in [0.5, 0.6) is 0 Å². The molecule has 1 spiro atoms. The van der Waals surface area contributed by atoms with E-state index in [2.05, 4.69) is 20.1 Å². The summed E-state index contributed by atoms with van der Waals surface area (Å²) >= 11 is 0. The van der Waals surface area contributed by atoms with Gasteiger partial charge in [0.1, 0.15) is 17.7 Å². The van der Waals surface area contributed by atoms with Gasteiger partial charge in [-0.2, -0.15) is 0 Å². The molecule has 4 rings (SSSR count). The van der Waals surface area contributed by atoms with E-state index in [1.54, 1.807) is 29.0 Å². The Morgan fingerprint density at radius 2 is 1.91 bits per heavy atom. The molecule has 10 nitrogen and oxygen atoms in total. The number of likely N-dealkylation sites (tertiary alicyclic amines) is 1. The number of rotatable bonds is 16. The maximum Gasteiger partial charge on any atom is 0.313 e. The second-order valence-electron chi connectivity index (χ2n) is 12.6. The van der Waals surface area contributed by atoms with E-state index < -0.39 is 47.7 Å². The molecule has 1 aromatic carbocycles. The van der Waals surface area contributed by atoms with Gasteiger partial charge in [0.25, 0.3) is 0 Å². The van der Waals surface area contributed by atoms with Gasteiger partial charge >= 0.3 is 5.97 Å². The number of carbonyl (C=O) groups is 4. The van der Waals surface area contributed by atoms with E-state index in [1.807, 2.05) is 44.2 Å². The summed E-state index contributed by atoms with van der Waals surface area (Å²) in [6.45, 7) is 13.3. The molecule has 3 saturated heterocycles. The van der Waals surface area contributed by atoms with Gasteiger partial charge < -0.3 is 29.3 Å². The molecule has 0 aromatic heterocycles. The van der Waals surface area contributed by atoms with Crippen LogP contribution in [0.15, 0.2) is 55.6 Å². The fourth-order valence-corrected chi connectivity index (χ4v) is 7.53. The van der Waals surface area contributed by atoms with Crippen molar-refractivity contribution in [3.05, 3.63) is 61.2 Å². The van der Waals surface area contributed by atoms with Crippen LogP contribution in [0.2, 0.25) is 0 Å². The van der Waals surface area contributed by atoms with E-state index in [1.165, 1.54) is 4.90 Å². The summed E-state index contributed by atoms with van der Waals surface area (Å²) in [5.41, 5.74) is -0.479. The van der Waals surface area contributed by atoms with Crippen molar-refractivity contribution in [3.63, 3.8) is 0 Å². The van der Waals surface area contributed by atoms with Gasteiger partial charge in [0.05, 0.1) is 30.6 Å². The lowest BCUT2D eigenvalue weighted by molar-refractivity contribution is -0.164. The van der Waals surface area contributed by atoms with Gasteiger partial charge in [-0.05, 0) is 45.1 Å². The van der Waals surface area contributed by atoms with Crippen molar-refractivity contribution in [2.24, 2.45) is 11.8 Å². The van der Waals surface area contributed by atoms with Crippen LogP contribution in [0.4, 0.5) is 0 Å². The van der Waals surface area contributed by atoms with Crippen molar-refractivity contribution in [1.29, 1.82) is 0 Å². The first kappa shape index (κ1) is 34.4. The standard InChI is InChI=1S/C35H49N3O7/c1-7-10-17-27(40)36(6)24(5)30(25-15-12-11-13-16-25)44-34(43)28-26-18-19-35(45-26)29(28)32(41)38(21-22-39)31(35)33(42)37(20-9-3)23(4)14-8-2/h7,9,11-13,15-16,23-24,26,28-31,39H,1,3,8,10,14,17-22H2,2,4-6H3/t23?,24-,26-,28+,29+,30+,31-,35+/m1/s1. The van der Waals surface area contributed by atoms with E-state index in [-0.39, 0.29) is 43.3 Å². The van der Waals surface area contributed by atoms with Crippen LogP contribution in [-0.4, -0.2) is 100 Å². The fraction of sp³-hybridized carbons (Fsp3) is 0.600. The highest BCUT2D eigenvalue weighted by Crippen LogP contribution is 2.59. The Labute approximate surface area is 267 Å². The van der Waals surface area contributed by atoms with Crippen LogP contribution in [-0.2, 0) is 28.7 Å². The fourth-order valence-electron chi connectivity index (χ4n) is 7.53. The Balaban J connectivity index is 1.66. The molecule has 10 heteroatoms. The largest absolute Gasteiger partial charge is 0.455 e. The number of β-amino-alcohol motifs (C(OH)–C–C–N with tert-alkyl or cyclic N) is 1. The van der Waals surface area contributed by atoms with Crippen LogP contribution in [0.1, 0.15) is 71.0 Å². The van der Waals surface area contributed by atoms with Crippen LogP contribution in [0, 0.1) is 11.8 Å². The molecule has 0 saturated carbocycles. The third-order valence-corrected chi connectivity index (χ3v) is 9.87. The highest BCUT2D eigenvalue weighted by atomic mass is 16.6. The average molecular weight is 624 g/mol. The summed E-state index contributed by atoms with van der Waals surface area (Å²) in [5.74, 6) is -3.18. The Morgan fingerprint density at radius 3 is 2.53 bits per heavy atom. The molecule has 2 bridgehead atoms. The van der Waals surface area contributed by atoms with E-state index in [4.69, 9.17) is 9.47 Å². The molecular weight excluding hydrogens is 574 g/mol. The minimum Gasteiger partial charge on any atom is -0.455 e. The van der Waals surface area contributed by atoms with Gasteiger partial charge in [0.2, 0.25) is 17.7 Å². The number of ether oxygens (including phenoxy) is 2. The lowest BCUT2D eigenvalue weighted by Gasteiger charge is -2.38. The Morgan fingerprint density at radius 1 is 1.20 bits per heavy atom. The zero-order valence-electron chi connectivity index (χ0n) is 27.1. The first-order valence-corrected chi connectivity index (χ1v) is 16.2. The number of fused-ring (bicyclic) bond motifs is 1. The molecule has 1 N–H and O–H groups in total. The number of aliphatic hydroxyl groups is 1. The maximum absolute atomic E-state index is 14.3. The Hall–Kier alpha value is -3.50. The smallest absolute Gasteiger partial charge is 0.313 e. The molecule has 246 valence electrons. The minimum atomic E-state index is -1.20. The average Bonchev–Trinajstić information content (AvgIpc) is 3.68. The molecule has 3 amide bonds. The normalized spacial score (nSPS) is 27.0. The number of amides is 3. The van der Waals surface area contributed by atoms with Crippen LogP contribution >= 0.6 is 0 Å². The Bertz CT molecular complexity index is 1250. The highest BCUT2D eigenvalue weighted by molar-refractivity contribution is 5.98. The molecule has 3 aliphatic rings. The molecule has 3 aliphatic heterocycles. The van der Waals surface area contributed by atoms with Crippen molar-refractivity contribution in [3.8, 4) is 0 Å². The molecule has 3 heterocycles. The number of hydrogen-bond donors (Lipinski definition) is 1. The number of allylic oxidation sites excluding steroid dienone is 1. The number of nitrogens with zero attached hydrogens (tertiary/aromatic N) is 3. The number of benzene rings is 1. The van der Waals surface area contributed by atoms with Crippen LogP contribution in [0.25, 0.3) is 0 Å². The molecule has 1 unspecified atom stereocenters. The second-order valence-corrected chi connectivity index (χ2v) is 12.6. The van der Waals surface area contributed by atoms with E-state index >= 15 is 0 Å². The summed E-state index contributed by atoms with van der Waals surface area (Å²) in [7, 11) is 1.69. The zero-order chi connectivity index (χ0) is 32.9. The number of esters is 1. The van der Waals surface area contributed by atoms with Gasteiger partial charge in [-0.15, -0.1) is 13.2 Å². The molecule has 0 aliphatic carbocycles. The van der Waals surface area contributed by atoms with Crippen molar-refractivity contribution in [2.45, 2.75) is 95.2 Å². The van der Waals surface area contributed by atoms with Crippen molar-refractivity contribution >= 4 is 23.7 Å². The second kappa shape index (κ2) is 14.7.